The van der Waals surface area contributed by atoms with E-state index in [4.69, 9.17) is 8.94 Å². The molecule has 0 aliphatic carbocycles. The monoisotopic (exact) mass is 263 g/mol. The van der Waals surface area contributed by atoms with E-state index in [1.807, 2.05) is 12.1 Å². The highest BCUT2D eigenvalue weighted by atomic mass is 16.5. The lowest BCUT2D eigenvalue weighted by molar-refractivity contribution is 0.162. The van der Waals surface area contributed by atoms with Crippen LogP contribution in [0.3, 0.4) is 0 Å². The van der Waals surface area contributed by atoms with Crippen molar-refractivity contribution >= 4 is 0 Å². The van der Waals surface area contributed by atoms with E-state index < -0.39 is 0 Å². The average molecular weight is 263 g/mol. The third-order valence-corrected chi connectivity index (χ3v) is 3.21. The first-order chi connectivity index (χ1) is 9.24. The topological polar surface area (TPSA) is 55.3 Å². The van der Waals surface area contributed by atoms with Gasteiger partial charge in [0.1, 0.15) is 5.76 Å². The van der Waals surface area contributed by atoms with Gasteiger partial charge in [-0.15, -0.1) is 0 Å². The van der Waals surface area contributed by atoms with Crippen molar-refractivity contribution in [1.82, 2.24) is 15.0 Å². The molecule has 0 fully saturated rings. The molecule has 2 heterocycles. The molecule has 0 aliphatic heterocycles. The van der Waals surface area contributed by atoms with Crippen LogP contribution in [0.15, 0.2) is 27.3 Å². The van der Waals surface area contributed by atoms with E-state index in [-0.39, 0.29) is 6.04 Å². The summed E-state index contributed by atoms with van der Waals surface area (Å²) < 4.78 is 10.7. The van der Waals surface area contributed by atoms with Crippen LogP contribution >= 0.6 is 0 Å². The van der Waals surface area contributed by atoms with Crippen LogP contribution in [0.25, 0.3) is 0 Å². The standard InChI is InChI=1S/C14H21N3O2/c1-4-7-13-15-14(19-16-13)11(3)17(5-2)10-12-8-6-9-18-12/h6,8-9,11H,4-5,7,10H2,1-3H3. The Kier molecular flexibility index (Phi) is 4.74. The van der Waals surface area contributed by atoms with Gasteiger partial charge in [0.25, 0.3) is 0 Å². The smallest absolute Gasteiger partial charge is 0.243 e. The van der Waals surface area contributed by atoms with Crippen molar-refractivity contribution in [3.05, 3.63) is 35.9 Å². The van der Waals surface area contributed by atoms with Crippen LogP contribution in [-0.2, 0) is 13.0 Å². The van der Waals surface area contributed by atoms with Crippen molar-refractivity contribution < 1.29 is 8.94 Å². The minimum atomic E-state index is 0.0909. The molecule has 0 spiro atoms. The molecule has 0 bridgehead atoms. The van der Waals surface area contributed by atoms with E-state index in [0.717, 1.165) is 37.5 Å². The van der Waals surface area contributed by atoms with Gasteiger partial charge in [-0.05, 0) is 32.0 Å². The Balaban J connectivity index is 2.04. The Hall–Kier alpha value is -1.62. The Bertz CT molecular complexity index is 479. The van der Waals surface area contributed by atoms with Gasteiger partial charge in [0.05, 0.1) is 18.8 Å². The Labute approximate surface area is 113 Å². The van der Waals surface area contributed by atoms with Gasteiger partial charge in [-0.1, -0.05) is 19.0 Å². The number of hydrogen-bond donors (Lipinski definition) is 0. The second-order valence-electron chi connectivity index (χ2n) is 4.62. The highest BCUT2D eigenvalue weighted by Crippen LogP contribution is 2.21. The van der Waals surface area contributed by atoms with E-state index >= 15 is 0 Å². The van der Waals surface area contributed by atoms with E-state index in [1.165, 1.54) is 0 Å². The molecule has 0 aromatic carbocycles. The summed E-state index contributed by atoms with van der Waals surface area (Å²) in [6.07, 6.45) is 3.58. The summed E-state index contributed by atoms with van der Waals surface area (Å²) in [5.41, 5.74) is 0. The number of aryl methyl sites for hydroxylation is 1. The lowest BCUT2D eigenvalue weighted by Gasteiger charge is -2.23. The molecule has 0 aliphatic rings. The van der Waals surface area contributed by atoms with Crippen LogP contribution in [0.2, 0.25) is 0 Å². The predicted molar refractivity (Wildman–Crippen MR) is 71.5 cm³/mol. The molecule has 0 saturated heterocycles. The largest absolute Gasteiger partial charge is 0.468 e. The first kappa shape index (κ1) is 13.8. The fourth-order valence-electron chi connectivity index (χ4n) is 2.04. The summed E-state index contributed by atoms with van der Waals surface area (Å²) in [6, 6.07) is 3.97. The summed E-state index contributed by atoms with van der Waals surface area (Å²) >= 11 is 0. The van der Waals surface area contributed by atoms with E-state index in [9.17, 15) is 0 Å². The zero-order valence-electron chi connectivity index (χ0n) is 11.8. The number of hydrogen-bond acceptors (Lipinski definition) is 5. The molecule has 0 radical (unpaired) electrons. The molecule has 104 valence electrons. The minimum Gasteiger partial charge on any atom is -0.468 e. The van der Waals surface area contributed by atoms with Crippen LogP contribution in [0.5, 0.6) is 0 Å². The summed E-state index contributed by atoms with van der Waals surface area (Å²) in [5, 5.41) is 4.00. The lowest BCUT2D eigenvalue weighted by Crippen LogP contribution is -2.26. The number of aromatic nitrogens is 2. The number of nitrogens with zero attached hydrogens (tertiary/aromatic N) is 3. The molecule has 0 amide bonds. The molecule has 2 aromatic heterocycles. The maximum atomic E-state index is 5.39. The van der Waals surface area contributed by atoms with Crippen molar-refractivity contribution in [2.24, 2.45) is 0 Å². The molecule has 2 aromatic rings. The first-order valence-electron chi connectivity index (χ1n) is 6.83. The van der Waals surface area contributed by atoms with Gasteiger partial charge in [-0.3, -0.25) is 4.90 Å². The Morgan fingerprint density at radius 3 is 2.84 bits per heavy atom. The molecule has 0 N–H and O–H groups in total. The van der Waals surface area contributed by atoms with E-state index in [0.29, 0.717) is 5.89 Å². The molecule has 1 unspecified atom stereocenters. The van der Waals surface area contributed by atoms with Gasteiger partial charge in [-0.25, -0.2) is 0 Å². The molecular formula is C14H21N3O2. The SMILES string of the molecule is CCCc1noc(C(C)N(CC)Cc2ccco2)n1. The molecule has 2 rings (SSSR count). The maximum absolute atomic E-state index is 5.39. The van der Waals surface area contributed by atoms with Gasteiger partial charge in [-0.2, -0.15) is 4.98 Å². The van der Waals surface area contributed by atoms with Crippen molar-refractivity contribution in [2.45, 2.75) is 46.2 Å². The molecule has 5 heteroatoms. The summed E-state index contributed by atoms with van der Waals surface area (Å²) in [5.74, 6) is 2.41. The Morgan fingerprint density at radius 2 is 2.21 bits per heavy atom. The highest BCUT2D eigenvalue weighted by Gasteiger charge is 2.21. The van der Waals surface area contributed by atoms with Gasteiger partial charge in [0.15, 0.2) is 5.82 Å². The zero-order valence-corrected chi connectivity index (χ0v) is 11.8. The van der Waals surface area contributed by atoms with Crippen LogP contribution < -0.4 is 0 Å². The fourth-order valence-corrected chi connectivity index (χ4v) is 2.04. The molecule has 5 nitrogen and oxygen atoms in total. The molecular weight excluding hydrogens is 242 g/mol. The van der Waals surface area contributed by atoms with Crippen molar-refractivity contribution in [2.75, 3.05) is 6.54 Å². The third-order valence-electron chi connectivity index (χ3n) is 3.21. The number of rotatable bonds is 7. The van der Waals surface area contributed by atoms with E-state index in [1.54, 1.807) is 6.26 Å². The quantitative estimate of drug-likeness (QED) is 0.767. The highest BCUT2D eigenvalue weighted by molar-refractivity contribution is 5.00. The second-order valence-corrected chi connectivity index (χ2v) is 4.62. The molecule has 19 heavy (non-hydrogen) atoms. The first-order valence-corrected chi connectivity index (χ1v) is 6.83. The summed E-state index contributed by atoms with van der Waals surface area (Å²) in [7, 11) is 0. The van der Waals surface area contributed by atoms with Crippen molar-refractivity contribution in [1.29, 1.82) is 0 Å². The summed E-state index contributed by atoms with van der Waals surface area (Å²) in [4.78, 5) is 6.69. The van der Waals surface area contributed by atoms with Gasteiger partial charge >= 0.3 is 0 Å². The normalized spacial score (nSPS) is 13.1. The van der Waals surface area contributed by atoms with Crippen molar-refractivity contribution in [3.63, 3.8) is 0 Å². The second kappa shape index (κ2) is 6.52. The van der Waals surface area contributed by atoms with Gasteiger partial charge in [0, 0.05) is 6.42 Å². The summed E-state index contributed by atoms with van der Waals surface area (Å²) in [6.45, 7) is 7.94. The van der Waals surface area contributed by atoms with Crippen LogP contribution in [-0.4, -0.2) is 21.6 Å². The van der Waals surface area contributed by atoms with E-state index in [2.05, 4.69) is 35.8 Å². The van der Waals surface area contributed by atoms with Gasteiger partial charge in [0.2, 0.25) is 5.89 Å². The predicted octanol–water partition coefficient (Wildman–Crippen LogP) is 3.20. The molecule has 0 saturated carbocycles. The lowest BCUT2D eigenvalue weighted by atomic mass is 10.2. The van der Waals surface area contributed by atoms with Crippen LogP contribution in [0.4, 0.5) is 0 Å². The molecule has 1 atom stereocenters. The fraction of sp³-hybridized carbons (Fsp3) is 0.571. The minimum absolute atomic E-state index is 0.0909. The number of furan rings is 1. The third kappa shape index (κ3) is 3.44. The van der Waals surface area contributed by atoms with Crippen LogP contribution in [0, 0.1) is 0 Å². The average Bonchev–Trinajstić information content (AvgIpc) is 3.06. The zero-order chi connectivity index (χ0) is 13.7. The van der Waals surface area contributed by atoms with Crippen molar-refractivity contribution in [3.8, 4) is 0 Å². The van der Waals surface area contributed by atoms with Gasteiger partial charge < -0.3 is 8.94 Å². The van der Waals surface area contributed by atoms with Crippen LogP contribution in [0.1, 0.15) is 50.7 Å². The Morgan fingerprint density at radius 1 is 1.37 bits per heavy atom. The maximum Gasteiger partial charge on any atom is 0.243 e.